The standard InChI is InChI=1S/C28H38O4/c1-9-21(14-12-13-20(6)15-27(29)31-11-3)22-16-23-24(19(4)5)18-28(7,8)32-26(23)17-25(22)30-10-2/h12-19H,9-11H2,1-8H3/b13-12+,20-15+,21-14-. The van der Waals surface area contributed by atoms with Crippen LogP contribution < -0.4 is 9.47 Å². The Labute approximate surface area is 193 Å². The molecule has 0 aliphatic carbocycles. The van der Waals surface area contributed by atoms with Crippen LogP contribution in [0.15, 0.2) is 48.1 Å². The van der Waals surface area contributed by atoms with Crippen molar-refractivity contribution < 1.29 is 19.0 Å². The van der Waals surface area contributed by atoms with E-state index >= 15 is 0 Å². The van der Waals surface area contributed by atoms with Crippen molar-refractivity contribution in [3.63, 3.8) is 0 Å². The van der Waals surface area contributed by atoms with Crippen LogP contribution in [-0.4, -0.2) is 24.8 Å². The van der Waals surface area contributed by atoms with E-state index in [2.05, 4.69) is 52.8 Å². The number of hydrogen-bond acceptors (Lipinski definition) is 4. The van der Waals surface area contributed by atoms with Crippen molar-refractivity contribution in [2.45, 2.75) is 67.4 Å². The van der Waals surface area contributed by atoms with Crippen molar-refractivity contribution in [2.24, 2.45) is 5.92 Å². The average molecular weight is 439 g/mol. The third kappa shape index (κ3) is 6.62. The fraction of sp³-hybridized carbons (Fsp3) is 0.464. The highest BCUT2D eigenvalue weighted by Gasteiger charge is 2.29. The molecular weight excluding hydrogens is 400 g/mol. The maximum Gasteiger partial charge on any atom is 0.330 e. The van der Waals surface area contributed by atoms with Crippen LogP contribution in [0, 0.1) is 5.92 Å². The summed E-state index contributed by atoms with van der Waals surface area (Å²) in [6.45, 7) is 17.4. The van der Waals surface area contributed by atoms with Crippen molar-refractivity contribution in [3.8, 4) is 11.5 Å². The highest BCUT2D eigenvalue weighted by Crippen LogP contribution is 2.44. The van der Waals surface area contributed by atoms with Gasteiger partial charge in [-0.15, -0.1) is 0 Å². The third-order valence-electron chi connectivity index (χ3n) is 5.21. The lowest BCUT2D eigenvalue weighted by Gasteiger charge is -2.33. The van der Waals surface area contributed by atoms with E-state index in [9.17, 15) is 4.79 Å². The van der Waals surface area contributed by atoms with E-state index in [0.717, 1.165) is 40.2 Å². The van der Waals surface area contributed by atoms with Crippen molar-refractivity contribution >= 4 is 17.1 Å². The minimum Gasteiger partial charge on any atom is -0.493 e. The van der Waals surface area contributed by atoms with Crippen LogP contribution in [0.1, 0.15) is 72.9 Å². The second kappa shape index (κ2) is 11.2. The molecule has 0 bridgehead atoms. The van der Waals surface area contributed by atoms with Gasteiger partial charge in [-0.05, 0) is 75.8 Å². The zero-order valence-electron chi connectivity index (χ0n) is 20.9. The van der Waals surface area contributed by atoms with Crippen LogP contribution >= 0.6 is 0 Å². The van der Waals surface area contributed by atoms with Gasteiger partial charge in [0.05, 0.1) is 13.2 Å². The Morgan fingerprint density at radius 1 is 1.16 bits per heavy atom. The summed E-state index contributed by atoms with van der Waals surface area (Å²) in [7, 11) is 0. The van der Waals surface area contributed by atoms with Gasteiger partial charge in [-0.25, -0.2) is 4.79 Å². The second-order valence-corrected chi connectivity index (χ2v) is 8.78. The molecule has 0 unspecified atom stereocenters. The van der Waals surface area contributed by atoms with Crippen LogP contribution in [0.3, 0.4) is 0 Å². The SMILES string of the molecule is CCOC(=O)/C=C(C)/C=C/C=C(/CC)c1cc2c(cc1OCC)OC(C)(C)C=C2C(C)C. The molecule has 0 saturated carbocycles. The summed E-state index contributed by atoms with van der Waals surface area (Å²) < 4.78 is 17.3. The van der Waals surface area contributed by atoms with Crippen LogP contribution in [0.2, 0.25) is 0 Å². The van der Waals surface area contributed by atoms with Gasteiger partial charge in [0.15, 0.2) is 0 Å². The van der Waals surface area contributed by atoms with E-state index in [0.29, 0.717) is 19.1 Å². The second-order valence-electron chi connectivity index (χ2n) is 8.78. The molecule has 4 heteroatoms. The van der Waals surface area contributed by atoms with Crippen molar-refractivity contribution in [1.82, 2.24) is 0 Å². The monoisotopic (exact) mass is 438 g/mol. The Morgan fingerprint density at radius 3 is 2.47 bits per heavy atom. The van der Waals surface area contributed by atoms with Crippen LogP contribution in [0.5, 0.6) is 11.5 Å². The average Bonchev–Trinajstić information content (AvgIpc) is 2.70. The first-order valence-corrected chi connectivity index (χ1v) is 11.6. The molecule has 4 nitrogen and oxygen atoms in total. The minimum atomic E-state index is -0.355. The number of carbonyl (C=O) groups is 1. The molecule has 0 spiro atoms. The van der Waals surface area contributed by atoms with Gasteiger partial charge >= 0.3 is 5.97 Å². The lowest BCUT2D eigenvalue weighted by Crippen LogP contribution is -2.29. The van der Waals surface area contributed by atoms with Crippen LogP contribution in [0.4, 0.5) is 0 Å². The number of ether oxygens (including phenoxy) is 3. The Balaban J connectivity index is 2.50. The zero-order valence-corrected chi connectivity index (χ0v) is 20.9. The molecule has 0 aromatic heterocycles. The molecule has 0 atom stereocenters. The molecule has 0 N–H and O–H groups in total. The first-order valence-electron chi connectivity index (χ1n) is 11.6. The Bertz CT molecular complexity index is 942. The van der Waals surface area contributed by atoms with E-state index in [1.54, 1.807) is 6.92 Å². The summed E-state index contributed by atoms with van der Waals surface area (Å²) in [6, 6.07) is 4.23. The van der Waals surface area contributed by atoms with E-state index in [1.807, 2.05) is 32.1 Å². The molecule has 174 valence electrons. The zero-order chi connectivity index (χ0) is 23.9. The summed E-state index contributed by atoms with van der Waals surface area (Å²) in [5, 5.41) is 0. The molecule has 1 aromatic carbocycles. The predicted molar refractivity (Wildman–Crippen MR) is 133 cm³/mol. The lowest BCUT2D eigenvalue weighted by molar-refractivity contribution is -0.137. The molecule has 2 rings (SSSR count). The molecule has 32 heavy (non-hydrogen) atoms. The summed E-state index contributed by atoms with van der Waals surface area (Å²) in [5.74, 6) is 1.76. The quantitative estimate of drug-likeness (QED) is 0.233. The van der Waals surface area contributed by atoms with Crippen LogP contribution in [-0.2, 0) is 9.53 Å². The Kier molecular flexibility index (Phi) is 8.94. The van der Waals surface area contributed by atoms with E-state index in [4.69, 9.17) is 14.2 Å². The molecule has 1 aromatic rings. The molecule has 0 amide bonds. The first-order chi connectivity index (χ1) is 15.1. The molecule has 1 aliphatic heterocycles. The fourth-order valence-corrected chi connectivity index (χ4v) is 3.77. The maximum absolute atomic E-state index is 11.6. The lowest BCUT2D eigenvalue weighted by atomic mass is 9.86. The van der Waals surface area contributed by atoms with Gasteiger partial charge in [0.1, 0.15) is 17.1 Å². The minimum absolute atomic E-state index is 0.321. The highest BCUT2D eigenvalue weighted by molar-refractivity contribution is 5.83. The molecule has 0 saturated heterocycles. The number of benzene rings is 1. The molecule has 1 heterocycles. The molecule has 0 radical (unpaired) electrons. The molecule has 0 fully saturated rings. The van der Waals surface area contributed by atoms with Crippen molar-refractivity contribution in [3.05, 3.63) is 59.2 Å². The van der Waals surface area contributed by atoms with Gasteiger partial charge in [0.25, 0.3) is 0 Å². The van der Waals surface area contributed by atoms with Crippen molar-refractivity contribution in [1.29, 1.82) is 0 Å². The van der Waals surface area contributed by atoms with E-state index in [-0.39, 0.29) is 11.6 Å². The number of allylic oxidation sites excluding steroid dienone is 6. The van der Waals surface area contributed by atoms with Gasteiger partial charge in [-0.2, -0.15) is 0 Å². The van der Waals surface area contributed by atoms with Gasteiger partial charge in [-0.1, -0.05) is 39.0 Å². The molecule has 1 aliphatic rings. The fourth-order valence-electron chi connectivity index (χ4n) is 3.77. The van der Waals surface area contributed by atoms with Crippen LogP contribution in [0.25, 0.3) is 11.1 Å². The third-order valence-corrected chi connectivity index (χ3v) is 5.21. The smallest absolute Gasteiger partial charge is 0.330 e. The summed E-state index contributed by atoms with van der Waals surface area (Å²) in [4.78, 5) is 11.6. The highest BCUT2D eigenvalue weighted by atomic mass is 16.5. The first kappa shape index (κ1) is 25.5. The topological polar surface area (TPSA) is 44.8 Å². The number of esters is 1. The van der Waals surface area contributed by atoms with E-state index < -0.39 is 0 Å². The van der Waals surface area contributed by atoms with Gasteiger partial charge in [-0.3, -0.25) is 0 Å². The largest absolute Gasteiger partial charge is 0.493 e. The maximum atomic E-state index is 11.6. The van der Waals surface area contributed by atoms with Gasteiger partial charge in [0, 0.05) is 23.3 Å². The number of hydrogen-bond donors (Lipinski definition) is 0. The normalized spacial score (nSPS) is 16.0. The number of rotatable bonds is 9. The predicted octanol–water partition coefficient (Wildman–Crippen LogP) is 7.15. The Morgan fingerprint density at radius 2 is 1.88 bits per heavy atom. The van der Waals surface area contributed by atoms with Crippen molar-refractivity contribution in [2.75, 3.05) is 13.2 Å². The number of carbonyl (C=O) groups excluding carboxylic acids is 1. The van der Waals surface area contributed by atoms with E-state index in [1.165, 1.54) is 11.6 Å². The van der Waals surface area contributed by atoms with Gasteiger partial charge < -0.3 is 14.2 Å². The van der Waals surface area contributed by atoms with Gasteiger partial charge in [0.2, 0.25) is 0 Å². The number of fused-ring (bicyclic) bond motifs is 1. The summed E-state index contributed by atoms with van der Waals surface area (Å²) >= 11 is 0. The Hall–Kier alpha value is -2.75. The summed E-state index contributed by atoms with van der Waals surface area (Å²) in [6.07, 6.45) is 10.5. The molecular formula is C28H38O4. The summed E-state index contributed by atoms with van der Waals surface area (Å²) in [5.41, 5.74) is 5.13.